The molecular weight excluding hydrogens is 555 g/mol. The van der Waals surface area contributed by atoms with Gasteiger partial charge in [0.1, 0.15) is 11.4 Å². The highest BCUT2D eigenvalue weighted by Gasteiger charge is 2.53. The van der Waals surface area contributed by atoms with E-state index in [9.17, 15) is 39.5 Å². The number of aromatic nitrogens is 2. The van der Waals surface area contributed by atoms with Gasteiger partial charge in [0.25, 0.3) is 0 Å². The van der Waals surface area contributed by atoms with Gasteiger partial charge < -0.3 is 0 Å². The van der Waals surface area contributed by atoms with Crippen molar-refractivity contribution in [3.05, 3.63) is 81.7 Å². The minimum Gasteiger partial charge on any atom is -0.166 e. The van der Waals surface area contributed by atoms with Gasteiger partial charge in [-0.3, -0.25) is 0 Å². The van der Waals surface area contributed by atoms with Gasteiger partial charge in [0, 0.05) is 16.3 Å². The van der Waals surface area contributed by atoms with Crippen molar-refractivity contribution in [1.82, 2.24) is 10.2 Å². The summed E-state index contributed by atoms with van der Waals surface area (Å²) in [5, 5.41) is 11.3. The van der Waals surface area contributed by atoms with Crippen LogP contribution in [0.5, 0.6) is 0 Å². The summed E-state index contributed by atoms with van der Waals surface area (Å²) in [6.45, 7) is 1.65. The van der Waals surface area contributed by atoms with Crippen LogP contribution in [-0.2, 0) is 18.5 Å². The topological polar surface area (TPSA) is 25.8 Å². The molecule has 0 saturated heterocycles. The van der Waals surface area contributed by atoms with Crippen LogP contribution in [0, 0.1) is 13.8 Å². The molecule has 2 heterocycles. The van der Waals surface area contributed by atoms with Gasteiger partial charge in [0.05, 0.1) is 21.6 Å². The molecule has 0 amide bonds. The Hall–Kier alpha value is -3.67. The van der Waals surface area contributed by atoms with Crippen LogP contribution in [-0.4, -0.2) is 10.2 Å². The third kappa shape index (κ3) is 4.50. The Morgan fingerprint density at radius 1 is 0.590 bits per heavy atom. The summed E-state index contributed by atoms with van der Waals surface area (Å²) in [7, 11) is 0. The van der Waals surface area contributed by atoms with E-state index in [1.165, 1.54) is 17.4 Å². The second-order valence-corrected chi connectivity index (χ2v) is 9.81. The largest absolute Gasteiger partial charge is 0.417 e. The minimum absolute atomic E-state index is 0.0213. The highest BCUT2D eigenvalue weighted by molar-refractivity contribution is 7.13. The quantitative estimate of drug-likeness (QED) is 0.156. The van der Waals surface area contributed by atoms with Gasteiger partial charge in [-0.25, -0.2) is 0 Å². The van der Waals surface area contributed by atoms with Gasteiger partial charge in [-0.15, -0.1) is 21.5 Å². The van der Waals surface area contributed by atoms with Crippen LogP contribution < -0.4 is 0 Å². The summed E-state index contributed by atoms with van der Waals surface area (Å²) >= 11 is 1.27. The maximum atomic E-state index is 14.4. The van der Waals surface area contributed by atoms with Crippen LogP contribution in [0.3, 0.4) is 0 Å². The molecule has 5 aromatic rings. The average Bonchev–Trinajstić information content (AvgIpc) is 3.36. The predicted molar refractivity (Wildman–Crippen MR) is 130 cm³/mol. The fourth-order valence-corrected chi connectivity index (χ4v) is 5.56. The highest BCUT2D eigenvalue weighted by Crippen LogP contribution is 2.53. The van der Waals surface area contributed by atoms with Crippen LogP contribution in [0.15, 0.2) is 53.9 Å². The Balaban J connectivity index is 2.03. The Morgan fingerprint density at radius 3 is 1.59 bits per heavy atom. The first-order valence-corrected chi connectivity index (χ1v) is 12.1. The fourth-order valence-electron chi connectivity index (χ4n) is 4.84. The molecule has 0 bridgehead atoms. The Labute approximate surface area is 218 Å². The van der Waals surface area contributed by atoms with E-state index in [1.807, 2.05) is 0 Å². The number of halogens is 9. The maximum absolute atomic E-state index is 14.4. The molecule has 0 atom stereocenters. The first-order valence-electron chi connectivity index (χ1n) is 11.2. The minimum atomic E-state index is -5.98. The summed E-state index contributed by atoms with van der Waals surface area (Å²) in [5.74, 6) is 0. The normalized spacial score (nSPS) is 13.0. The molecule has 0 aliphatic carbocycles. The van der Waals surface area contributed by atoms with Crippen molar-refractivity contribution in [3.63, 3.8) is 0 Å². The molecule has 0 radical (unpaired) electrons. The molecule has 0 aliphatic heterocycles. The number of rotatable bonds is 2. The van der Waals surface area contributed by atoms with Crippen LogP contribution in [0.2, 0.25) is 0 Å². The molecule has 3 aromatic carbocycles. The van der Waals surface area contributed by atoms with E-state index in [4.69, 9.17) is 0 Å². The molecule has 0 unspecified atom stereocenters. The summed E-state index contributed by atoms with van der Waals surface area (Å²) in [6, 6.07) is 13.3. The second kappa shape index (κ2) is 8.94. The van der Waals surface area contributed by atoms with Crippen molar-refractivity contribution in [2.75, 3.05) is 0 Å². The molecule has 0 spiro atoms. The van der Waals surface area contributed by atoms with E-state index in [2.05, 4.69) is 10.2 Å². The molecule has 0 saturated carbocycles. The summed E-state index contributed by atoms with van der Waals surface area (Å²) < 4.78 is 127. The van der Waals surface area contributed by atoms with Crippen molar-refractivity contribution >= 4 is 32.9 Å². The Kier molecular flexibility index (Phi) is 6.17. The number of hydrogen-bond donors (Lipinski definition) is 0. The van der Waals surface area contributed by atoms with Gasteiger partial charge in [0.15, 0.2) is 0 Å². The zero-order valence-electron chi connectivity index (χ0n) is 19.9. The molecule has 0 fully saturated rings. The van der Waals surface area contributed by atoms with Gasteiger partial charge >= 0.3 is 18.5 Å². The molecular formula is C27H15F9N2S. The lowest BCUT2D eigenvalue weighted by molar-refractivity contribution is -0.174. The molecule has 2 aromatic heterocycles. The lowest BCUT2D eigenvalue weighted by Crippen LogP contribution is -2.26. The number of fused-ring (bicyclic) bond motifs is 2. The van der Waals surface area contributed by atoms with Gasteiger partial charge in [-0.05, 0) is 59.3 Å². The van der Waals surface area contributed by atoms with Gasteiger partial charge in [0.2, 0.25) is 0 Å². The van der Waals surface area contributed by atoms with E-state index < -0.39 is 57.6 Å². The number of nitrogens with zero attached hydrogens (tertiary/aromatic N) is 2. The van der Waals surface area contributed by atoms with Crippen molar-refractivity contribution < 1.29 is 39.5 Å². The van der Waals surface area contributed by atoms with Crippen molar-refractivity contribution in [2.45, 2.75) is 32.4 Å². The monoisotopic (exact) mass is 570 g/mol. The number of alkyl halides is 9. The first-order chi connectivity index (χ1) is 18.1. The molecule has 0 N–H and O–H groups in total. The standard InChI is InChI=1S/C27H15F9N2S/c1-12-13(2)20(25(28,29)30)22(27(34,35)36)21(26(31,32)33)19(12)24-17-11-15-7-4-3-6-14(15)10-16(17)23(37-38-24)18-8-5-9-39-18/h3-11H,1-2H3. The van der Waals surface area contributed by atoms with E-state index in [-0.39, 0.29) is 11.1 Å². The van der Waals surface area contributed by atoms with Crippen molar-refractivity contribution in [1.29, 1.82) is 0 Å². The Morgan fingerprint density at radius 2 is 1.10 bits per heavy atom. The van der Waals surface area contributed by atoms with E-state index >= 15 is 0 Å². The summed E-state index contributed by atoms with van der Waals surface area (Å²) in [6.07, 6.45) is -17.5. The van der Waals surface area contributed by atoms with E-state index in [1.54, 1.807) is 47.8 Å². The molecule has 0 aliphatic rings. The molecule has 5 rings (SSSR count). The number of hydrogen-bond acceptors (Lipinski definition) is 3. The van der Waals surface area contributed by atoms with E-state index in [0.717, 1.165) is 13.8 Å². The number of thiophene rings is 1. The third-order valence-electron chi connectivity index (χ3n) is 6.55. The zero-order valence-corrected chi connectivity index (χ0v) is 20.7. The highest BCUT2D eigenvalue weighted by atomic mass is 32.1. The molecule has 39 heavy (non-hydrogen) atoms. The van der Waals surface area contributed by atoms with E-state index in [0.29, 0.717) is 21.0 Å². The summed E-state index contributed by atoms with van der Waals surface area (Å²) in [5.41, 5.74) is -10.6. The smallest absolute Gasteiger partial charge is 0.166 e. The van der Waals surface area contributed by atoms with Crippen LogP contribution >= 0.6 is 11.3 Å². The lowest BCUT2D eigenvalue weighted by Gasteiger charge is -2.27. The summed E-state index contributed by atoms with van der Waals surface area (Å²) in [4.78, 5) is 0.599. The molecule has 2 nitrogen and oxygen atoms in total. The first kappa shape index (κ1) is 26.9. The van der Waals surface area contributed by atoms with Crippen molar-refractivity contribution in [2.24, 2.45) is 0 Å². The van der Waals surface area contributed by atoms with Gasteiger partial charge in [-0.1, -0.05) is 30.3 Å². The lowest BCUT2D eigenvalue weighted by atomic mass is 9.84. The molecule has 202 valence electrons. The van der Waals surface area contributed by atoms with Crippen LogP contribution in [0.25, 0.3) is 43.4 Å². The van der Waals surface area contributed by atoms with Crippen LogP contribution in [0.1, 0.15) is 27.8 Å². The Bertz CT molecular complexity index is 1730. The third-order valence-corrected chi connectivity index (χ3v) is 7.43. The predicted octanol–water partition coefficient (Wildman–Crippen LogP) is 9.85. The van der Waals surface area contributed by atoms with Crippen molar-refractivity contribution in [3.8, 4) is 21.8 Å². The second-order valence-electron chi connectivity index (χ2n) is 8.86. The number of benzene rings is 3. The zero-order chi connectivity index (χ0) is 28.5. The fraction of sp³-hybridized carbons (Fsp3) is 0.185. The molecule has 12 heteroatoms. The SMILES string of the molecule is Cc1c(C)c(C(F)(F)F)c(C(F)(F)F)c(C(F)(F)F)c1-c1nnc(-c2cccs2)c2cc3ccccc3cc12. The van der Waals surface area contributed by atoms with Crippen LogP contribution in [0.4, 0.5) is 39.5 Å². The average molecular weight is 570 g/mol. The maximum Gasteiger partial charge on any atom is 0.417 e. The van der Waals surface area contributed by atoms with Gasteiger partial charge in [-0.2, -0.15) is 39.5 Å².